The molecular formula is C23H36N6O3. The fourth-order valence-corrected chi connectivity index (χ4v) is 3.67. The first-order valence-corrected chi connectivity index (χ1v) is 10.9. The molecule has 1 aromatic carbocycles. The van der Waals surface area contributed by atoms with Gasteiger partial charge in [-0.25, -0.2) is 9.97 Å². The quantitative estimate of drug-likeness (QED) is 0.531. The van der Waals surface area contributed by atoms with E-state index in [0.29, 0.717) is 38.4 Å². The van der Waals surface area contributed by atoms with Crippen LogP contribution in [0.15, 0.2) is 30.6 Å². The molecule has 0 unspecified atom stereocenters. The summed E-state index contributed by atoms with van der Waals surface area (Å²) in [6, 6.07) is 7.89. The maximum atomic E-state index is 11.1. The van der Waals surface area contributed by atoms with Crippen LogP contribution < -0.4 is 24.6 Å². The van der Waals surface area contributed by atoms with E-state index in [1.165, 1.54) is 0 Å². The number of aliphatic hydroxyl groups is 1. The lowest BCUT2D eigenvalue weighted by molar-refractivity contribution is 0.0626. The number of β-amino-alcohol motifs (C(OH)–C–C–N with tert-alkyl or cyclic N) is 1. The Balaban J connectivity index is 1.52. The lowest BCUT2D eigenvalue weighted by Gasteiger charge is -2.25. The van der Waals surface area contributed by atoms with Gasteiger partial charge in [-0.1, -0.05) is 6.07 Å². The Labute approximate surface area is 191 Å². The molecule has 0 radical (unpaired) electrons. The highest BCUT2D eigenvalue weighted by Gasteiger charge is 2.36. The van der Waals surface area contributed by atoms with E-state index in [0.717, 1.165) is 36.0 Å². The van der Waals surface area contributed by atoms with E-state index in [-0.39, 0.29) is 0 Å². The van der Waals surface area contributed by atoms with Gasteiger partial charge in [0.15, 0.2) is 11.5 Å². The Morgan fingerprint density at radius 3 is 2.69 bits per heavy atom. The number of ether oxygens (including phenoxy) is 2. The third kappa shape index (κ3) is 6.44. The van der Waals surface area contributed by atoms with Gasteiger partial charge in [0.1, 0.15) is 24.6 Å². The van der Waals surface area contributed by atoms with Crippen LogP contribution in [-0.4, -0.2) is 93.7 Å². The number of aromatic nitrogens is 2. The zero-order valence-electron chi connectivity index (χ0n) is 19.8. The molecule has 9 nitrogen and oxygen atoms in total. The zero-order chi connectivity index (χ0) is 23.1. The van der Waals surface area contributed by atoms with Crippen molar-refractivity contribution < 1.29 is 14.6 Å². The van der Waals surface area contributed by atoms with E-state index in [1.807, 2.05) is 57.4 Å². The van der Waals surface area contributed by atoms with E-state index in [9.17, 15) is 5.11 Å². The Hall–Kier alpha value is -2.62. The molecule has 9 heteroatoms. The summed E-state index contributed by atoms with van der Waals surface area (Å²) in [6.07, 6.45) is 2.25. The highest BCUT2D eigenvalue weighted by Crippen LogP contribution is 2.29. The number of nitrogens with zero attached hydrogens (tertiary/aromatic N) is 5. The monoisotopic (exact) mass is 444 g/mol. The van der Waals surface area contributed by atoms with E-state index in [2.05, 4.69) is 25.1 Å². The fourth-order valence-electron chi connectivity index (χ4n) is 3.67. The molecular weight excluding hydrogens is 408 g/mol. The van der Waals surface area contributed by atoms with Gasteiger partial charge in [0.05, 0.1) is 12.7 Å². The number of anilines is 2. The Kier molecular flexibility index (Phi) is 8.11. The molecule has 0 spiro atoms. The Morgan fingerprint density at radius 2 is 1.97 bits per heavy atom. The Bertz CT molecular complexity index is 879. The summed E-state index contributed by atoms with van der Waals surface area (Å²) in [6.45, 7) is 3.87. The van der Waals surface area contributed by atoms with Gasteiger partial charge in [0.2, 0.25) is 0 Å². The molecule has 2 N–H and O–H groups in total. The van der Waals surface area contributed by atoms with E-state index < -0.39 is 5.60 Å². The molecule has 2 heterocycles. The predicted octanol–water partition coefficient (Wildman–Crippen LogP) is 1.22. The van der Waals surface area contributed by atoms with Gasteiger partial charge in [0.25, 0.3) is 0 Å². The third-order valence-electron chi connectivity index (χ3n) is 5.56. The van der Waals surface area contributed by atoms with Crippen LogP contribution >= 0.6 is 0 Å². The van der Waals surface area contributed by atoms with Crippen molar-refractivity contribution >= 4 is 11.6 Å². The van der Waals surface area contributed by atoms with Gasteiger partial charge in [-0.2, -0.15) is 0 Å². The number of nitrogens with one attached hydrogen (secondary N) is 1. The van der Waals surface area contributed by atoms with E-state index >= 15 is 0 Å². The molecule has 2 aromatic rings. The summed E-state index contributed by atoms with van der Waals surface area (Å²) in [4.78, 5) is 14.8. The number of methoxy groups -OCH3 is 1. The van der Waals surface area contributed by atoms with Crippen LogP contribution in [0, 0.1) is 0 Å². The second-order valence-corrected chi connectivity index (χ2v) is 8.77. The lowest BCUT2D eigenvalue weighted by Crippen LogP contribution is -2.43. The van der Waals surface area contributed by atoms with Crippen molar-refractivity contribution in [3.63, 3.8) is 0 Å². The van der Waals surface area contributed by atoms with Crippen molar-refractivity contribution in [2.75, 3.05) is 77.9 Å². The summed E-state index contributed by atoms with van der Waals surface area (Å²) in [5.41, 5.74) is 0.273. The van der Waals surface area contributed by atoms with Crippen LogP contribution in [0.1, 0.15) is 12.0 Å². The highest BCUT2D eigenvalue weighted by molar-refractivity contribution is 5.50. The first kappa shape index (κ1) is 24.0. The number of rotatable bonds is 11. The molecule has 1 atom stereocenters. The lowest BCUT2D eigenvalue weighted by atomic mass is 10.0. The number of hydrogen-bond donors (Lipinski definition) is 2. The van der Waals surface area contributed by atoms with Crippen molar-refractivity contribution in [1.82, 2.24) is 20.2 Å². The molecule has 1 fully saturated rings. The molecule has 32 heavy (non-hydrogen) atoms. The first-order chi connectivity index (χ1) is 15.3. The average molecular weight is 445 g/mol. The summed E-state index contributed by atoms with van der Waals surface area (Å²) in [5, 5.41) is 14.5. The SMILES string of the molecule is COc1cc(CNC[C@]2(O)CCN(c3cc(N(C)C)ncn3)C2)ccc1OCCN(C)C. The van der Waals surface area contributed by atoms with Crippen LogP contribution in [0.5, 0.6) is 11.5 Å². The van der Waals surface area contributed by atoms with Crippen molar-refractivity contribution in [2.24, 2.45) is 0 Å². The molecule has 0 amide bonds. The molecule has 1 aliphatic heterocycles. The van der Waals surface area contributed by atoms with Crippen LogP contribution in [0.25, 0.3) is 0 Å². The minimum atomic E-state index is -0.803. The minimum absolute atomic E-state index is 0.499. The molecule has 0 bridgehead atoms. The van der Waals surface area contributed by atoms with Gasteiger partial charge in [0, 0.05) is 52.9 Å². The number of benzene rings is 1. The molecule has 0 aliphatic carbocycles. The second-order valence-electron chi connectivity index (χ2n) is 8.77. The fraction of sp³-hybridized carbons (Fsp3) is 0.565. The molecule has 1 aromatic heterocycles. The Morgan fingerprint density at radius 1 is 1.16 bits per heavy atom. The van der Waals surface area contributed by atoms with Crippen LogP contribution in [-0.2, 0) is 6.54 Å². The van der Waals surface area contributed by atoms with Crippen molar-refractivity contribution in [1.29, 1.82) is 0 Å². The molecule has 0 saturated carbocycles. The smallest absolute Gasteiger partial charge is 0.161 e. The maximum Gasteiger partial charge on any atom is 0.161 e. The van der Waals surface area contributed by atoms with Gasteiger partial charge in [-0.3, -0.25) is 0 Å². The largest absolute Gasteiger partial charge is 0.493 e. The van der Waals surface area contributed by atoms with E-state index in [4.69, 9.17) is 9.47 Å². The summed E-state index contributed by atoms with van der Waals surface area (Å²) in [5.74, 6) is 3.15. The highest BCUT2D eigenvalue weighted by atomic mass is 16.5. The molecule has 1 aliphatic rings. The molecule has 3 rings (SSSR count). The minimum Gasteiger partial charge on any atom is -0.493 e. The van der Waals surface area contributed by atoms with Gasteiger partial charge in [-0.05, 0) is 38.2 Å². The van der Waals surface area contributed by atoms with Crippen LogP contribution in [0.4, 0.5) is 11.6 Å². The molecule has 1 saturated heterocycles. The topological polar surface area (TPSA) is 86.2 Å². The van der Waals surface area contributed by atoms with Gasteiger partial charge in [-0.15, -0.1) is 0 Å². The summed E-state index contributed by atoms with van der Waals surface area (Å²) in [7, 11) is 9.58. The second kappa shape index (κ2) is 10.8. The van der Waals surface area contributed by atoms with Gasteiger partial charge < -0.3 is 34.6 Å². The third-order valence-corrected chi connectivity index (χ3v) is 5.56. The van der Waals surface area contributed by atoms with E-state index in [1.54, 1.807) is 13.4 Å². The van der Waals surface area contributed by atoms with Crippen molar-refractivity contribution in [2.45, 2.75) is 18.6 Å². The normalized spacial score (nSPS) is 18.3. The standard InChI is InChI=1S/C23H36N6O3/c1-27(2)10-11-32-19-7-6-18(12-20(19)31-5)14-24-15-23(30)8-9-29(16-23)22-13-21(28(3)4)25-17-26-22/h6-7,12-13,17,24,30H,8-11,14-16H2,1-5H3/t23-/m1/s1. The van der Waals surface area contributed by atoms with Crippen molar-refractivity contribution in [3.8, 4) is 11.5 Å². The predicted molar refractivity (Wildman–Crippen MR) is 127 cm³/mol. The van der Waals surface area contributed by atoms with Crippen LogP contribution in [0.3, 0.4) is 0 Å². The maximum absolute atomic E-state index is 11.1. The summed E-state index contributed by atoms with van der Waals surface area (Å²) >= 11 is 0. The average Bonchev–Trinajstić information content (AvgIpc) is 3.16. The number of hydrogen-bond acceptors (Lipinski definition) is 9. The molecule has 176 valence electrons. The van der Waals surface area contributed by atoms with Crippen LogP contribution in [0.2, 0.25) is 0 Å². The summed E-state index contributed by atoms with van der Waals surface area (Å²) < 4.78 is 11.3. The number of likely N-dealkylation sites (N-methyl/N-ethyl adjacent to an activating group) is 1. The first-order valence-electron chi connectivity index (χ1n) is 10.9. The zero-order valence-corrected chi connectivity index (χ0v) is 19.8. The van der Waals surface area contributed by atoms with Gasteiger partial charge >= 0.3 is 0 Å². The van der Waals surface area contributed by atoms with Crippen molar-refractivity contribution in [3.05, 3.63) is 36.2 Å².